The van der Waals surface area contributed by atoms with Crippen LogP contribution in [0.15, 0.2) is 30.5 Å². The van der Waals surface area contributed by atoms with Gasteiger partial charge in [-0.1, -0.05) is 6.07 Å². The molecule has 0 atom stereocenters. The Balaban J connectivity index is 1.96. The Morgan fingerprint density at radius 1 is 0.929 bits per heavy atom. The van der Waals surface area contributed by atoms with Crippen molar-refractivity contribution < 1.29 is 41.3 Å². The largest absolute Gasteiger partial charge is 0.416 e. The van der Waals surface area contributed by atoms with Gasteiger partial charge in [-0.2, -0.15) is 8.78 Å². The number of carbonyl (C=O) groups is 1. The molecule has 0 radical (unpaired) electrons. The van der Waals surface area contributed by atoms with E-state index in [0.717, 1.165) is 0 Å². The maximum absolute atomic E-state index is 13.7. The molecule has 0 unspecified atom stereocenters. The lowest BCUT2D eigenvalue weighted by atomic mass is 10.1. The molecule has 146 valence electrons. The van der Waals surface area contributed by atoms with E-state index in [4.69, 9.17) is 9.79 Å². The van der Waals surface area contributed by atoms with Crippen LogP contribution >= 0.6 is 8.38 Å². The average molecular weight is 417 g/mol. The van der Waals surface area contributed by atoms with Crippen molar-refractivity contribution in [3.8, 4) is 5.75 Å². The van der Waals surface area contributed by atoms with Crippen LogP contribution in [0.5, 0.6) is 5.75 Å². The number of pyridine rings is 1. The van der Waals surface area contributed by atoms with Crippen molar-refractivity contribution in [3.05, 3.63) is 70.8 Å². The van der Waals surface area contributed by atoms with Gasteiger partial charge in [0.2, 0.25) is 34.8 Å². The topological polar surface area (TPSA) is 79.7 Å². The predicted octanol–water partition coefficient (Wildman–Crippen LogP) is 3.95. The number of nitrogens with zero attached hydrogens (tertiary/aromatic N) is 1. The minimum atomic E-state index is -2.37. The number of carbonyl (C=O) groups excluding carboxylic acids is 1. The van der Waals surface area contributed by atoms with E-state index in [0.29, 0.717) is 16.5 Å². The van der Waals surface area contributed by atoms with Crippen molar-refractivity contribution in [2.45, 2.75) is 6.16 Å². The summed E-state index contributed by atoms with van der Waals surface area (Å²) >= 11 is 0. The van der Waals surface area contributed by atoms with Gasteiger partial charge in [-0.3, -0.25) is 4.98 Å². The summed E-state index contributed by atoms with van der Waals surface area (Å²) in [6, 6.07) is 5.32. The van der Waals surface area contributed by atoms with Crippen LogP contribution in [0.3, 0.4) is 0 Å². The quantitative estimate of drug-likeness (QED) is 0.168. The SMILES string of the molecule is O=C(Oc1c(F)c(F)c(F)c(F)c1F)c1ccc2cnc(CP(O)O)cc2c1. The number of hydrogen-bond donors (Lipinski definition) is 2. The van der Waals surface area contributed by atoms with E-state index in [-0.39, 0.29) is 11.7 Å². The first-order chi connectivity index (χ1) is 13.2. The first-order valence-electron chi connectivity index (χ1n) is 7.46. The average Bonchev–Trinajstić information content (AvgIpc) is 2.67. The number of benzene rings is 2. The maximum Gasteiger partial charge on any atom is 0.343 e. The summed E-state index contributed by atoms with van der Waals surface area (Å²) in [5, 5.41) is 0.963. The van der Waals surface area contributed by atoms with Crippen LogP contribution < -0.4 is 4.74 Å². The summed E-state index contributed by atoms with van der Waals surface area (Å²) in [7, 11) is -2.24. The molecule has 2 N–H and O–H groups in total. The summed E-state index contributed by atoms with van der Waals surface area (Å²) in [6.45, 7) is 0. The van der Waals surface area contributed by atoms with E-state index in [2.05, 4.69) is 9.72 Å². The van der Waals surface area contributed by atoms with Gasteiger partial charge in [0.1, 0.15) is 0 Å². The molecule has 0 aliphatic carbocycles. The van der Waals surface area contributed by atoms with E-state index in [9.17, 15) is 26.7 Å². The molecule has 2 aromatic carbocycles. The zero-order valence-corrected chi connectivity index (χ0v) is 14.5. The molecule has 3 rings (SSSR count). The highest BCUT2D eigenvalue weighted by Crippen LogP contribution is 2.31. The van der Waals surface area contributed by atoms with Gasteiger partial charge >= 0.3 is 5.97 Å². The van der Waals surface area contributed by atoms with Crippen molar-refractivity contribution in [2.75, 3.05) is 0 Å². The van der Waals surface area contributed by atoms with E-state index in [1.807, 2.05) is 0 Å². The highest BCUT2D eigenvalue weighted by atomic mass is 31.2. The van der Waals surface area contributed by atoms with Gasteiger partial charge in [0.05, 0.1) is 11.7 Å². The van der Waals surface area contributed by atoms with Gasteiger partial charge in [-0.05, 0) is 23.6 Å². The summed E-state index contributed by atoms with van der Waals surface area (Å²) in [4.78, 5) is 34.2. The molecule has 0 saturated heterocycles. The molecule has 0 spiro atoms. The normalized spacial score (nSPS) is 11.3. The molecule has 0 aliphatic heterocycles. The fourth-order valence-corrected chi connectivity index (χ4v) is 2.83. The molecular weight excluding hydrogens is 408 g/mol. The van der Waals surface area contributed by atoms with Gasteiger partial charge in [0.15, 0.2) is 8.38 Å². The van der Waals surface area contributed by atoms with E-state index in [1.165, 1.54) is 30.5 Å². The minimum Gasteiger partial charge on any atom is -0.416 e. The number of esters is 1. The molecule has 11 heteroatoms. The molecule has 28 heavy (non-hydrogen) atoms. The van der Waals surface area contributed by atoms with Crippen LogP contribution in [0.1, 0.15) is 16.1 Å². The third-order valence-electron chi connectivity index (χ3n) is 3.68. The van der Waals surface area contributed by atoms with Crippen molar-refractivity contribution >= 4 is 25.1 Å². The van der Waals surface area contributed by atoms with Crippen LogP contribution in [-0.4, -0.2) is 20.7 Å². The van der Waals surface area contributed by atoms with Gasteiger partial charge in [0, 0.05) is 17.3 Å². The third-order valence-corrected chi connectivity index (χ3v) is 4.29. The molecule has 0 fully saturated rings. The molecule has 0 amide bonds. The van der Waals surface area contributed by atoms with Crippen molar-refractivity contribution in [1.82, 2.24) is 4.98 Å². The van der Waals surface area contributed by atoms with Crippen molar-refractivity contribution in [3.63, 3.8) is 0 Å². The molecule has 0 bridgehead atoms. The number of fused-ring (bicyclic) bond motifs is 1. The Labute approximate surface area is 154 Å². The number of hydrogen-bond acceptors (Lipinski definition) is 5. The monoisotopic (exact) mass is 417 g/mol. The summed E-state index contributed by atoms with van der Waals surface area (Å²) in [5.41, 5.74) is 0.0812. The molecule has 0 aliphatic rings. The first-order valence-corrected chi connectivity index (χ1v) is 8.90. The van der Waals surface area contributed by atoms with Crippen LogP contribution in [0, 0.1) is 29.1 Å². The van der Waals surface area contributed by atoms with Crippen molar-refractivity contribution in [1.29, 1.82) is 0 Å². The van der Waals surface area contributed by atoms with E-state index >= 15 is 0 Å². The Kier molecular flexibility index (Phi) is 5.55. The number of aromatic nitrogens is 1. The maximum atomic E-state index is 13.7. The lowest BCUT2D eigenvalue weighted by Crippen LogP contribution is -2.13. The standard InChI is InChI=1S/C17H9F5NO4P/c18-11-12(19)14(21)16(15(22)13(11)20)27-17(24)7-1-2-8-5-23-10(6-28(25)26)4-9(8)3-7/h1-5,25-26H,6H2. The number of ether oxygens (including phenoxy) is 1. The number of rotatable bonds is 4. The van der Waals surface area contributed by atoms with Crippen LogP contribution in [0.25, 0.3) is 10.8 Å². The highest BCUT2D eigenvalue weighted by Gasteiger charge is 2.28. The number of halogens is 5. The molecule has 1 aromatic heterocycles. The molecule has 3 aromatic rings. The molecule has 5 nitrogen and oxygen atoms in total. The molecular formula is C17H9F5NO4P. The zero-order chi connectivity index (χ0) is 20.6. The fourth-order valence-electron chi connectivity index (χ4n) is 2.37. The molecule has 0 saturated carbocycles. The zero-order valence-electron chi connectivity index (χ0n) is 13.6. The Hall–Kier alpha value is -2.68. The second kappa shape index (κ2) is 7.75. The third kappa shape index (κ3) is 3.80. The predicted molar refractivity (Wildman–Crippen MR) is 88.0 cm³/mol. The molecule has 1 heterocycles. The Bertz CT molecular complexity index is 1060. The Morgan fingerprint density at radius 3 is 2.14 bits per heavy atom. The second-order valence-corrected chi connectivity index (χ2v) is 6.62. The van der Waals surface area contributed by atoms with Gasteiger partial charge in [-0.15, -0.1) is 0 Å². The van der Waals surface area contributed by atoms with Crippen LogP contribution in [0.4, 0.5) is 22.0 Å². The van der Waals surface area contributed by atoms with Crippen molar-refractivity contribution in [2.24, 2.45) is 0 Å². The summed E-state index contributed by atoms with van der Waals surface area (Å²) < 4.78 is 71.2. The Morgan fingerprint density at radius 2 is 1.54 bits per heavy atom. The lowest BCUT2D eigenvalue weighted by Gasteiger charge is -2.09. The van der Waals surface area contributed by atoms with Gasteiger partial charge in [0.25, 0.3) is 0 Å². The van der Waals surface area contributed by atoms with E-state index in [1.54, 1.807) is 0 Å². The fraction of sp³-hybridized carbons (Fsp3) is 0.0588. The summed E-state index contributed by atoms with van der Waals surface area (Å²) in [5.74, 6) is -14.4. The van der Waals surface area contributed by atoms with Crippen LogP contribution in [0.2, 0.25) is 0 Å². The smallest absolute Gasteiger partial charge is 0.343 e. The summed E-state index contributed by atoms with van der Waals surface area (Å²) in [6.07, 6.45) is 1.28. The second-order valence-electron chi connectivity index (χ2n) is 5.56. The lowest BCUT2D eigenvalue weighted by molar-refractivity contribution is 0.0716. The van der Waals surface area contributed by atoms with Gasteiger partial charge < -0.3 is 14.5 Å². The van der Waals surface area contributed by atoms with E-state index < -0.39 is 49.2 Å². The first kappa shape index (κ1) is 20.1. The highest BCUT2D eigenvalue weighted by molar-refractivity contribution is 7.44. The minimum absolute atomic E-state index is 0.121. The van der Waals surface area contributed by atoms with Crippen LogP contribution in [-0.2, 0) is 6.16 Å². The van der Waals surface area contributed by atoms with Gasteiger partial charge in [-0.25, -0.2) is 18.0 Å².